The molecule has 3 aliphatic heterocycles. The molecule has 2 saturated heterocycles. The summed E-state index contributed by atoms with van der Waals surface area (Å²) < 4.78 is 7.63. The Morgan fingerprint density at radius 3 is 2.56 bits per heavy atom. The van der Waals surface area contributed by atoms with Crippen LogP contribution in [0.3, 0.4) is 0 Å². The van der Waals surface area contributed by atoms with E-state index in [1.165, 1.54) is 5.56 Å². The number of nitrogens with one attached hydrogen (secondary N) is 2. The molecule has 12 nitrogen and oxygen atoms in total. The normalized spacial score (nSPS) is 20.5. The van der Waals surface area contributed by atoms with Crippen molar-refractivity contribution in [2.24, 2.45) is 5.73 Å². The summed E-state index contributed by atoms with van der Waals surface area (Å²) in [6, 6.07) is 17.8. The van der Waals surface area contributed by atoms with Gasteiger partial charge in [0.05, 0.1) is 0 Å². The van der Waals surface area contributed by atoms with Crippen molar-refractivity contribution in [3.8, 4) is 5.69 Å². The second-order valence-electron chi connectivity index (χ2n) is 11.3. The van der Waals surface area contributed by atoms with E-state index in [2.05, 4.69) is 29.2 Å². The van der Waals surface area contributed by atoms with Crippen LogP contribution in [0, 0.1) is 0 Å². The van der Waals surface area contributed by atoms with Crippen molar-refractivity contribution < 1.29 is 45.7 Å². The van der Waals surface area contributed by atoms with E-state index in [4.69, 9.17) is 5.73 Å². The molecule has 4 N–H and O–H groups in total. The number of carbonyl (C=O) groups excluding carboxylic acids is 5. The molecule has 0 aliphatic carbocycles. The molecule has 3 aromatic carbocycles. The molecule has 7 rings (SSSR count). The predicted octanol–water partition coefficient (Wildman–Crippen LogP) is -0.264. The van der Waals surface area contributed by atoms with Crippen LogP contribution in [-0.4, -0.2) is 66.5 Å². The number of piperidine rings is 2. The van der Waals surface area contributed by atoms with Gasteiger partial charge >= 0.3 is 259 Å². The van der Waals surface area contributed by atoms with Crippen molar-refractivity contribution >= 4 is 46.1 Å². The second kappa shape index (κ2) is 11.7. The fourth-order valence-electron chi connectivity index (χ4n) is 6.25. The number of anilines is 1. The van der Waals surface area contributed by atoms with Gasteiger partial charge < -0.3 is 5.73 Å². The van der Waals surface area contributed by atoms with Crippen LogP contribution in [-0.2, 0) is 9.59 Å². The molecule has 45 heavy (non-hydrogen) atoms. The molecule has 5 amide bonds. The first kappa shape index (κ1) is 29.1. The van der Waals surface area contributed by atoms with Crippen molar-refractivity contribution in [3.63, 3.8) is 0 Å². The number of fused-ring (bicyclic) bond motifs is 2. The molecule has 3 aliphatic rings. The van der Waals surface area contributed by atoms with E-state index < -0.39 is 57.3 Å². The van der Waals surface area contributed by atoms with Gasteiger partial charge in [0.15, 0.2) is 0 Å². The molecule has 1 unspecified atom stereocenters. The Kier molecular flexibility index (Phi) is 7.57. The number of benzene rings is 3. The summed E-state index contributed by atoms with van der Waals surface area (Å²) in [5.41, 5.74) is 9.75. The molecule has 0 radical (unpaired) electrons. The Hall–Kier alpha value is -4.63. The van der Waals surface area contributed by atoms with Gasteiger partial charge in [-0.2, -0.15) is 0 Å². The zero-order valence-corrected chi connectivity index (χ0v) is 26.2. The van der Waals surface area contributed by atoms with Crippen molar-refractivity contribution in [2.45, 2.75) is 37.6 Å². The standard InChI is InChI=1S/C32H29IN7O5/c34-29(42)23-7-1-4-20-17-39(37-28(20)23)21-11-9-18(10-12-21)19-5-3-15-38(16-19)33-36-24-8-2-6-22-27(24)32(45)40(31(22)44)25-13-14-26(41)35-30(25)43/h1-2,4,6-12,17,19,25,36H,3,5,13-16H2,(H2,34,42)(H,35,41,43)/q-1/t19-,25?/m1/s1. The van der Waals surface area contributed by atoms with Crippen LogP contribution < -0.4 is 36.3 Å². The van der Waals surface area contributed by atoms with Gasteiger partial charge in [-0.25, -0.2) is 0 Å². The van der Waals surface area contributed by atoms with E-state index in [1.54, 1.807) is 35.0 Å². The van der Waals surface area contributed by atoms with Crippen LogP contribution in [0.15, 0.2) is 66.9 Å². The minimum atomic E-state index is -0.994. The number of nitrogens with zero attached hydrogens (tertiary/aromatic N) is 4. The van der Waals surface area contributed by atoms with Gasteiger partial charge in [0.25, 0.3) is 0 Å². The number of amides is 5. The number of hydrogen-bond acceptors (Lipinski definition) is 8. The maximum absolute atomic E-state index is 13.4. The molecule has 4 heterocycles. The number of nitrogens with two attached hydrogens (primary N) is 1. The monoisotopic (exact) mass is 718 g/mol. The van der Waals surface area contributed by atoms with E-state index in [0.717, 1.165) is 41.9 Å². The van der Waals surface area contributed by atoms with Gasteiger partial charge in [0.2, 0.25) is 0 Å². The second-order valence-corrected chi connectivity index (χ2v) is 13.7. The third-order valence-electron chi connectivity index (χ3n) is 8.53. The number of rotatable bonds is 7. The molecule has 2 fully saturated rings. The van der Waals surface area contributed by atoms with Crippen LogP contribution in [0.5, 0.6) is 0 Å². The summed E-state index contributed by atoms with van der Waals surface area (Å²) in [6.07, 6.45) is 4.18. The number of aromatic nitrogens is 2. The van der Waals surface area contributed by atoms with Gasteiger partial charge in [0, 0.05) is 0 Å². The van der Waals surface area contributed by atoms with E-state index in [9.17, 15) is 24.0 Å². The van der Waals surface area contributed by atoms with Gasteiger partial charge in [0.1, 0.15) is 0 Å². The third kappa shape index (κ3) is 5.35. The summed E-state index contributed by atoms with van der Waals surface area (Å²) in [6.45, 7) is 1.79. The minimum absolute atomic E-state index is 0.0807. The summed E-state index contributed by atoms with van der Waals surface area (Å²) >= 11 is -0.720. The van der Waals surface area contributed by atoms with Crippen molar-refractivity contribution in [1.82, 2.24) is 23.1 Å². The number of carbonyl (C=O) groups is 5. The Morgan fingerprint density at radius 1 is 0.978 bits per heavy atom. The SMILES string of the molecule is NC(=O)c1cccc2cn(-c3ccc([C@@H]4CCCN([I-]Nc5cccc6c5C(=O)N(C5CCC(=O)NC5=O)C6=O)C4)cc3)nc12. The average Bonchev–Trinajstić information content (AvgIpc) is 3.59. The first-order chi connectivity index (χ1) is 21.8. The summed E-state index contributed by atoms with van der Waals surface area (Å²) in [5.74, 6) is -2.21. The zero-order valence-electron chi connectivity index (χ0n) is 24.0. The third-order valence-corrected chi connectivity index (χ3v) is 10.9. The maximum atomic E-state index is 13.4. The van der Waals surface area contributed by atoms with Gasteiger partial charge in [-0.1, -0.05) is 0 Å². The topological polar surface area (TPSA) is 160 Å². The van der Waals surface area contributed by atoms with E-state index in [0.29, 0.717) is 22.7 Å². The Bertz CT molecular complexity index is 1890. The average molecular weight is 719 g/mol. The Balaban J connectivity index is 1.02. The van der Waals surface area contributed by atoms with Crippen LogP contribution in [0.1, 0.15) is 68.2 Å². The van der Waals surface area contributed by atoms with Gasteiger partial charge in [-0.3, -0.25) is 4.79 Å². The Labute approximate surface area is 268 Å². The van der Waals surface area contributed by atoms with Crippen molar-refractivity contribution in [1.29, 1.82) is 0 Å². The fraction of sp³-hybridized carbons (Fsp3) is 0.250. The van der Waals surface area contributed by atoms with Crippen LogP contribution >= 0.6 is 0 Å². The summed E-state index contributed by atoms with van der Waals surface area (Å²) in [7, 11) is 0. The van der Waals surface area contributed by atoms with Crippen molar-refractivity contribution in [3.05, 3.63) is 89.1 Å². The summed E-state index contributed by atoms with van der Waals surface area (Å²) in [5, 5.41) is 7.68. The van der Waals surface area contributed by atoms with Crippen LogP contribution in [0.25, 0.3) is 16.6 Å². The number of halogens is 1. The fourth-order valence-corrected chi connectivity index (χ4v) is 8.56. The molecule has 2 atom stereocenters. The predicted molar refractivity (Wildman–Crippen MR) is 160 cm³/mol. The first-order valence-corrected chi connectivity index (χ1v) is 16.7. The molecular weight excluding hydrogens is 689 g/mol. The van der Waals surface area contributed by atoms with E-state index in [1.807, 2.05) is 24.4 Å². The van der Waals surface area contributed by atoms with Gasteiger partial charge in [-0.05, 0) is 0 Å². The molecule has 230 valence electrons. The van der Waals surface area contributed by atoms with Crippen LogP contribution in [0.2, 0.25) is 0 Å². The van der Waals surface area contributed by atoms with E-state index in [-0.39, 0.29) is 24.0 Å². The number of hydrogen-bond donors (Lipinski definition) is 3. The first-order valence-electron chi connectivity index (χ1n) is 14.7. The molecule has 13 heteroatoms. The molecule has 0 bridgehead atoms. The zero-order chi connectivity index (χ0) is 31.2. The van der Waals surface area contributed by atoms with Gasteiger partial charge in [-0.15, -0.1) is 0 Å². The summed E-state index contributed by atoms with van der Waals surface area (Å²) in [4.78, 5) is 63.5. The quantitative estimate of drug-likeness (QED) is 0.134. The molecule has 0 spiro atoms. The molecular formula is C32H29IN7O5-. The van der Waals surface area contributed by atoms with Crippen molar-refractivity contribution in [2.75, 3.05) is 16.6 Å². The van der Waals surface area contributed by atoms with Crippen LogP contribution in [0.4, 0.5) is 5.69 Å². The number of imide groups is 2. The Morgan fingerprint density at radius 2 is 1.78 bits per heavy atom. The van der Waals surface area contributed by atoms with E-state index >= 15 is 0 Å². The molecule has 0 saturated carbocycles. The molecule has 4 aromatic rings. The number of primary amides is 1. The molecule has 1 aromatic heterocycles.